The van der Waals surface area contributed by atoms with Crippen LogP contribution in [0.25, 0.3) is 6.08 Å². The Labute approximate surface area is 151 Å². The Morgan fingerprint density at radius 1 is 1.12 bits per heavy atom. The number of benzene rings is 1. The largest absolute Gasteiger partial charge is 0.490 e. The molecule has 0 saturated heterocycles. The second kappa shape index (κ2) is 10.0. The van der Waals surface area contributed by atoms with Crippen LogP contribution in [0.5, 0.6) is 5.75 Å². The molecule has 0 N–H and O–H groups in total. The first-order valence-electron chi connectivity index (χ1n) is 8.77. The summed E-state index contributed by atoms with van der Waals surface area (Å²) in [5.74, 6) is 0.588. The second-order valence-electron chi connectivity index (χ2n) is 7.25. The van der Waals surface area contributed by atoms with E-state index in [0.717, 1.165) is 11.3 Å². The predicted molar refractivity (Wildman–Crippen MR) is 101 cm³/mol. The molecule has 0 aromatic heterocycles. The zero-order valence-electron chi connectivity index (χ0n) is 16.0. The maximum absolute atomic E-state index is 12.0. The highest BCUT2D eigenvalue weighted by atomic mass is 16.5. The zero-order valence-corrected chi connectivity index (χ0v) is 16.0. The van der Waals surface area contributed by atoms with Crippen LogP contribution >= 0.6 is 0 Å². The number of rotatable bonds is 9. The lowest BCUT2D eigenvalue weighted by Crippen LogP contribution is -2.28. The molecule has 1 atom stereocenters. The van der Waals surface area contributed by atoms with E-state index in [1.807, 2.05) is 31.2 Å². The van der Waals surface area contributed by atoms with Gasteiger partial charge in [-0.15, -0.1) is 0 Å². The van der Waals surface area contributed by atoms with Crippen molar-refractivity contribution in [3.05, 3.63) is 35.9 Å². The van der Waals surface area contributed by atoms with Gasteiger partial charge in [-0.05, 0) is 43.4 Å². The molecule has 138 valence electrons. The van der Waals surface area contributed by atoms with Crippen molar-refractivity contribution >= 4 is 17.8 Å². The quantitative estimate of drug-likeness (QED) is 0.365. The van der Waals surface area contributed by atoms with E-state index in [1.165, 1.54) is 7.11 Å². The van der Waals surface area contributed by atoms with Gasteiger partial charge < -0.3 is 9.47 Å². The van der Waals surface area contributed by atoms with E-state index >= 15 is 0 Å². The number of hydrogen-bond acceptors (Lipinski definition) is 4. The van der Waals surface area contributed by atoms with E-state index in [0.29, 0.717) is 25.7 Å². The Kier molecular flexibility index (Phi) is 8.39. The van der Waals surface area contributed by atoms with Crippen LogP contribution in [0.15, 0.2) is 30.3 Å². The summed E-state index contributed by atoms with van der Waals surface area (Å²) in [5.41, 5.74) is 0.924. The van der Waals surface area contributed by atoms with Crippen LogP contribution in [0, 0.1) is 5.41 Å². The van der Waals surface area contributed by atoms with Crippen LogP contribution in [0.3, 0.4) is 0 Å². The number of carbonyl (C=O) groups excluding carboxylic acids is 2. The smallest absolute Gasteiger partial charge is 0.305 e. The molecule has 0 spiro atoms. The third-order valence-corrected chi connectivity index (χ3v) is 4.17. The summed E-state index contributed by atoms with van der Waals surface area (Å²) in [6.45, 7) is 8.45. The fourth-order valence-electron chi connectivity index (χ4n) is 2.03. The number of methoxy groups -OCH3 is 1. The van der Waals surface area contributed by atoms with Crippen molar-refractivity contribution in [1.82, 2.24) is 0 Å². The minimum atomic E-state index is -0.234. The van der Waals surface area contributed by atoms with Gasteiger partial charge in [-0.3, -0.25) is 9.59 Å². The summed E-state index contributed by atoms with van der Waals surface area (Å²) in [4.78, 5) is 23.0. The Morgan fingerprint density at radius 2 is 1.76 bits per heavy atom. The molecule has 1 unspecified atom stereocenters. The second-order valence-corrected chi connectivity index (χ2v) is 7.25. The first kappa shape index (κ1) is 20.9. The number of unbranched alkanes of at least 4 members (excludes halogenated alkanes) is 1. The molecule has 0 amide bonds. The fraction of sp³-hybridized carbons (Fsp3) is 0.524. The Morgan fingerprint density at radius 3 is 2.40 bits per heavy atom. The van der Waals surface area contributed by atoms with Crippen LogP contribution in [-0.2, 0) is 14.3 Å². The third-order valence-electron chi connectivity index (χ3n) is 4.17. The number of para-hydroxylation sites is 1. The number of allylic oxidation sites excluding steroid dienone is 1. The Hall–Kier alpha value is -2.10. The maximum atomic E-state index is 12.0. The fourth-order valence-corrected chi connectivity index (χ4v) is 2.03. The van der Waals surface area contributed by atoms with Crippen molar-refractivity contribution in [1.29, 1.82) is 0 Å². The van der Waals surface area contributed by atoms with E-state index < -0.39 is 0 Å². The Bertz CT molecular complexity index is 596. The number of ketones is 1. The van der Waals surface area contributed by atoms with E-state index in [-0.39, 0.29) is 23.3 Å². The molecule has 1 rings (SSSR count). The lowest BCUT2D eigenvalue weighted by Gasteiger charge is -2.28. The topological polar surface area (TPSA) is 52.6 Å². The van der Waals surface area contributed by atoms with Crippen molar-refractivity contribution < 1.29 is 19.1 Å². The van der Waals surface area contributed by atoms with Crippen molar-refractivity contribution in [2.75, 3.05) is 7.11 Å². The van der Waals surface area contributed by atoms with Crippen molar-refractivity contribution in [3.63, 3.8) is 0 Å². The summed E-state index contributed by atoms with van der Waals surface area (Å²) >= 11 is 0. The third kappa shape index (κ3) is 8.01. The molecule has 4 nitrogen and oxygen atoms in total. The molecular weight excluding hydrogens is 316 g/mol. The monoisotopic (exact) mass is 346 g/mol. The number of hydrogen-bond donors (Lipinski definition) is 0. The van der Waals surface area contributed by atoms with Crippen molar-refractivity contribution in [3.8, 4) is 5.75 Å². The lowest BCUT2D eigenvalue weighted by atomic mass is 9.90. The first-order valence-corrected chi connectivity index (χ1v) is 8.77. The highest BCUT2D eigenvalue weighted by molar-refractivity contribution is 5.93. The van der Waals surface area contributed by atoms with Crippen LogP contribution in [-0.4, -0.2) is 25.0 Å². The minimum absolute atomic E-state index is 0.0340. The number of ether oxygens (including phenoxy) is 2. The number of carbonyl (C=O) groups is 2. The van der Waals surface area contributed by atoms with Gasteiger partial charge in [0.15, 0.2) is 5.78 Å². The van der Waals surface area contributed by atoms with Gasteiger partial charge in [0.05, 0.1) is 7.11 Å². The van der Waals surface area contributed by atoms with Gasteiger partial charge in [-0.25, -0.2) is 0 Å². The van der Waals surface area contributed by atoms with E-state index in [4.69, 9.17) is 4.74 Å². The molecule has 4 heteroatoms. The molecular formula is C21H30O4. The molecule has 0 heterocycles. The summed E-state index contributed by atoms with van der Waals surface area (Å²) in [7, 11) is 1.37. The summed E-state index contributed by atoms with van der Waals surface area (Å²) < 4.78 is 10.6. The van der Waals surface area contributed by atoms with Gasteiger partial charge in [0, 0.05) is 18.4 Å². The summed E-state index contributed by atoms with van der Waals surface area (Å²) in [6.07, 6.45) is 5.56. The molecule has 0 saturated carbocycles. The molecule has 0 bridgehead atoms. The van der Waals surface area contributed by atoms with Crippen LogP contribution in [0.4, 0.5) is 0 Å². The normalized spacial score (nSPS) is 12.8. The van der Waals surface area contributed by atoms with Crippen LogP contribution < -0.4 is 4.74 Å². The van der Waals surface area contributed by atoms with E-state index in [2.05, 4.69) is 25.5 Å². The molecule has 0 fully saturated rings. The van der Waals surface area contributed by atoms with Crippen molar-refractivity contribution in [2.24, 2.45) is 5.41 Å². The summed E-state index contributed by atoms with van der Waals surface area (Å²) in [6, 6.07) is 7.71. The average molecular weight is 346 g/mol. The number of esters is 1. The van der Waals surface area contributed by atoms with E-state index in [9.17, 15) is 9.59 Å². The Balaban J connectivity index is 2.59. The van der Waals surface area contributed by atoms with Gasteiger partial charge in [0.2, 0.25) is 0 Å². The van der Waals surface area contributed by atoms with E-state index in [1.54, 1.807) is 12.2 Å². The molecule has 0 radical (unpaired) electrons. The average Bonchev–Trinajstić information content (AvgIpc) is 2.56. The van der Waals surface area contributed by atoms with Crippen LogP contribution in [0.1, 0.15) is 58.9 Å². The minimum Gasteiger partial charge on any atom is -0.490 e. The zero-order chi connectivity index (χ0) is 18.9. The molecule has 25 heavy (non-hydrogen) atoms. The SMILES string of the molecule is COC(=O)CCCCC(=O)/C=C/c1ccccc1OC(C)C(C)(C)C. The van der Waals surface area contributed by atoms with Gasteiger partial charge in [0.25, 0.3) is 0 Å². The molecule has 1 aromatic carbocycles. The lowest BCUT2D eigenvalue weighted by molar-refractivity contribution is -0.140. The highest BCUT2D eigenvalue weighted by Gasteiger charge is 2.22. The van der Waals surface area contributed by atoms with Gasteiger partial charge >= 0.3 is 5.97 Å². The predicted octanol–water partition coefficient (Wildman–Crippen LogP) is 4.82. The first-order chi connectivity index (χ1) is 11.7. The van der Waals surface area contributed by atoms with Gasteiger partial charge in [-0.1, -0.05) is 39.0 Å². The molecule has 1 aromatic rings. The van der Waals surface area contributed by atoms with Gasteiger partial charge in [-0.2, -0.15) is 0 Å². The molecule has 0 aliphatic rings. The van der Waals surface area contributed by atoms with Crippen molar-refractivity contribution in [2.45, 2.75) is 59.5 Å². The van der Waals surface area contributed by atoms with Crippen LogP contribution in [0.2, 0.25) is 0 Å². The highest BCUT2D eigenvalue weighted by Crippen LogP contribution is 2.27. The molecule has 0 aliphatic heterocycles. The van der Waals surface area contributed by atoms with Gasteiger partial charge in [0.1, 0.15) is 11.9 Å². The summed E-state index contributed by atoms with van der Waals surface area (Å²) in [5, 5.41) is 0. The maximum Gasteiger partial charge on any atom is 0.305 e. The molecule has 0 aliphatic carbocycles. The standard InChI is InChI=1S/C21H30O4/c1-16(21(2,3)4)25-19-12-8-6-10-17(19)14-15-18(22)11-7-9-13-20(23)24-5/h6,8,10,12,14-16H,7,9,11,13H2,1-5H3/b15-14+.